The predicted molar refractivity (Wildman–Crippen MR) is 84.1 cm³/mol. The van der Waals surface area contributed by atoms with Crippen LogP contribution in [0.3, 0.4) is 0 Å². The average molecular weight is 293 g/mol. The Hall–Kier alpha value is -1.26. The Labute approximate surface area is 127 Å². The number of hydrogen-bond acceptors (Lipinski definition) is 4. The molecule has 21 heavy (non-hydrogen) atoms. The third-order valence-corrected chi connectivity index (χ3v) is 4.05. The Morgan fingerprint density at radius 1 is 1.29 bits per heavy atom. The van der Waals surface area contributed by atoms with Gasteiger partial charge in [-0.05, 0) is 43.9 Å². The van der Waals surface area contributed by atoms with Gasteiger partial charge in [-0.2, -0.15) is 0 Å². The highest BCUT2D eigenvalue weighted by Crippen LogP contribution is 2.38. The van der Waals surface area contributed by atoms with Crippen molar-refractivity contribution >= 4 is 0 Å². The first-order chi connectivity index (χ1) is 10.3. The molecule has 0 saturated carbocycles. The normalized spacial score (nSPS) is 19.5. The molecule has 0 radical (unpaired) electrons. The van der Waals surface area contributed by atoms with Gasteiger partial charge in [-0.1, -0.05) is 13.0 Å². The van der Waals surface area contributed by atoms with Gasteiger partial charge >= 0.3 is 0 Å². The van der Waals surface area contributed by atoms with Crippen LogP contribution in [-0.2, 0) is 4.74 Å². The number of hydrogen-bond donors (Lipinski definition) is 1. The summed E-state index contributed by atoms with van der Waals surface area (Å²) < 4.78 is 16.6. The number of methoxy groups -OCH3 is 2. The van der Waals surface area contributed by atoms with Crippen LogP contribution in [0.4, 0.5) is 0 Å². The molecule has 118 valence electrons. The van der Waals surface area contributed by atoms with Crippen LogP contribution in [0.2, 0.25) is 0 Å². The fourth-order valence-corrected chi connectivity index (χ4v) is 2.95. The van der Waals surface area contributed by atoms with E-state index in [9.17, 15) is 0 Å². The molecule has 1 heterocycles. The van der Waals surface area contributed by atoms with Crippen molar-refractivity contribution < 1.29 is 14.2 Å². The van der Waals surface area contributed by atoms with Crippen molar-refractivity contribution in [2.45, 2.75) is 32.2 Å². The van der Waals surface area contributed by atoms with Gasteiger partial charge in [-0.3, -0.25) is 0 Å². The Morgan fingerprint density at radius 2 is 2.00 bits per heavy atom. The van der Waals surface area contributed by atoms with E-state index in [2.05, 4.69) is 12.2 Å². The van der Waals surface area contributed by atoms with E-state index in [4.69, 9.17) is 14.2 Å². The van der Waals surface area contributed by atoms with E-state index in [1.54, 1.807) is 14.2 Å². The molecular formula is C17H27NO3. The Morgan fingerprint density at radius 3 is 2.52 bits per heavy atom. The summed E-state index contributed by atoms with van der Waals surface area (Å²) in [6, 6.07) is 6.21. The van der Waals surface area contributed by atoms with Crippen molar-refractivity contribution in [2.75, 3.05) is 34.0 Å². The van der Waals surface area contributed by atoms with Crippen molar-refractivity contribution in [3.05, 3.63) is 23.8 Å². The quantitative estimate of drug-likeness (QED) is 0.799. The molecule has 0 aliphatic carbocycles. The lowest BCUT2D eigenvalue weighted by molar-refractivity contribution is 0.181. The van der Waals surface area contributed by atoms with Crippen LogP contribution >= 0.6 is 0 Å². The highest BCUT2D eigenvalue weighted by molar-refractivity contribution is 5.47. The molecule has 1 aliphatic rings. The summed E-state index contributed by atoms with van der Waals surface area (Å²) in [5.41, 5.74) is 1.13. The predicted octanol–water partition coefficient (Wildman–Crippen LogP) is 3.17. The number of rotatable bonds is 8. The second-order valence-corrected chi connectivity index (χ2v) is 5.55. The maximum Gasteiger partial charge on any atom is 0.127 e. The van der Waals surface area contributed by atoms with E-state index < -0.39 is 0 Å². The summed E-state index contributed by atoms with van der Waals surface area (Å²) in [7, 11) is 3.43. The minimum atomic E-state index is 0.239. The topological polar surface area (TPSA) is 39.7 Å². The van der Waals surface area contributed by atoms with Crippen LogP contribution in [0.1, 0.15) is 37.8 Å². The van der Waals surface area contributed by atoms with E-state index in [1.807, 2.05) is 18.2 Å². The highest BCUT2D eigenvalue weighted by Gasteiger charge is 2.26. The number of nitrogens with one attached hydrogen (secondary N) is 1. The smallest absolute Gasteiger partial charge is 0.127 e. The molecule has 4 heteroatoms. The maximum atomic E-state index is 5.56. The summed E-state index contributed by atoms with van der Waals surface area (Å²) in [4.78, 5) is 0. The van der Waals surface area contributed by atoms with Crippen LogP contribution in [0, 0.1) is 5.92 Å². The molecule has 2 rings (SSSR count). The van der Waals surface area contributed by atoms with Gasteiger partial charge in [0.15, 0.2) is 0 Å². The number of benzene rings is 1. The summed E-state index contributed by atoms with van der Waals surface area (Å²) in [5.74, 6) is 2.39. The Balaban J connectivity index is 2.25. The zero-order valence-corrected chi connectivity index (χ0v) is 13.4. The SMILES string of the molecule is CCCNC(CC1CCOC1)c1c(OC)cccc1OC. The van der Waals surface area contributed by atoms with Crippen LogP contribution in [0.15, 0.2) is 18.2 Å². The summed E-state index contributed by atoms with van der Waals surface area (Å²) in [6.45, 7) is 4.91. The molecule has 2 unspecified atom stereocenters. The Bertz CT molecular complexity index is 408. The van der Waals surface area contributed by atoms with Gasteiger partial charge in [0.2, 0.25) is 0 Å². The summed E-state index contributed by atoms with van der Waals surface area (Å²) >= 11 is 0. The fraction of sp³-hybridized carbons (Fsp3) is 0.647. The molecule has 1 fully saturated rings. The second-order valence-electron chi connectivity index (χ2n) is 5.55. The molecule has 1 aliphatic heterocycles. The van der Waals surface area contributed by atoms with Crippen molar-refractivity contribution in [3.8, 4) is 11.5 Å². The zero-order valence-electron chi connectivity index (χ0n) is 13.4. The minimum Gasteiger partial charge on any atom is -0.496 e. The lowest BCUT2D eigenvalue weighted by atomic mass is 9.92. The molecule has 0 spiro atoms. The van der Waals surface area contributed by atoms with Gasteiger partial charge in [-0.25, -0.2) is 0 Å². The lowest BCUT2D eigenvalue weighted by Gasteiger charge is -2.25. The van der Waals surface area contributed by atoms with Crippen molar-refractivity contribution in [2.24, 2.45) is 5.92 Å². The van der Waals surface area contributed by atoms with Gasteiger partial charge in [0.05, 0.1) is 19.8 Å². The van der Waals surface area contributed by atoms with Crippen molar-refractivity contribution in [1.82, 2.24) is 5.32 Å². The summed E-state index contributed by atoms with van der Waals surface area (Å²) in [6.07, 6.45) is 3.30. The molecular weight excluding hydrogens is 266 g/mol. The summed E-state index contributed by atoms with van der Waals surface area (Å²) in [5, 5.41) is 3.65. The van der Waals surface area contributed by atoms with E-state index in [0.717, 1.165) is 56.1 Å². The molecule has 4 nitrogen and oxygen atoms in total. The van der Waals surface area contributed by atoms with Gasteiger partial charge in [-0.15, -0.1) is 0 Å². The van der Waals surface area contributed by atoms with Crippen molar-refractivity contribution in [3.63, 3.8) is 0 Å². The third kappa shape index (κ3) is 4.11. The van der Waals surface area contributed by atoms with Gasteiger partial charge in [0.25, 0.3) is 0 Å². The zero-order chi connectivity index (χ0) is 15.1. The molecule has 2 atom stereocenters. The van der Waals surface area contributed by atoms with Crippen LogP contribution in [0.25, 0.3) is 0 Å². The molecule has 1 aromatic rings. The minimum absolute atomic E-state index is 0.239. The Kier molecular flexibility index (Phi) is 6.33. The lowest BCUT2D eigenvalue weighted by Crippen LogP contribution is -2.25. The third-order valence-electron chi connectivity index (χ3n) is 4.05. The van der Waals surface area contributed by atoms with Gasteiger partial charge < -0.3 is 19.5 Å². The van der Waals surface area contributed by atoms with Gasteiger partial charge in [0, 0.05) is 19.3 Å². The largest absolute Gasteiger partial charge is 0.496 e. The molecule has 0 aromatic heterocycles. The molecule has 1 N–H and O–H groups in total. The highest BCUT2D eigenvalue weighted by atomic mass is 16.5. The molecule has 1 aromatic carbocycles. The van der Waals surface area contributed by atoms with Crippen LogP contribution in [-0.4, -0.2) is 34.0 Å². The number of ether oxygens (including phenoxy) is 3. The van der Waals surface area contributed by atoms with Gasteiger partial charge in [0.1, 0.15) is 11.5 Å². The first-order valence-electron chi connectivity index (χ1n) is 7.82. The van der Waals surface area contributed by atoms with Crippen molar-refractivity contribution in [1.29, 1.82) is 0 Å². The molecule has 0 bridgehead atoms. The van der Waals surface area contributed by atoms with E-state index in [1.165, 1.54) is 0 Å². The van der Waals surface area contributed by atoms with E-state index in [0.29, 0.717) is 5.92 Å². The van der Waals surface area contributed by atoms with Crippen LogP contribution < -0.4 is 14.8 Å². The monoisotopic (exact) mass is 293 g/mol. The first kappa shape index (κ1) is 16.1. The standard InChI is InChI=1S/C17H27NO3/c1-4-9-18-14(11-13-8-10-21-12-13)17-15(19-2)6-5-7-16(17)20-3/h5-7,13-14,18H,4,8-12H2,1-3H3. The molecule has 0 amide bonds. The first-order valence-corrected chi connectivity index (χ1v) is 7.82. The maximum absolute atomic E-state index is 5.56. The van der Waals surface area contributed by atoms with E-state index in [-0.39, 0.29) is 6.04 Å². The second kappa shape index (κ2) is 8.25. The molecule has 1 saturated heterocycles. The van der Waals surface area contributed by atoms with Crippen LogP contribution in [0.5, 0.6) is 11.5 Å². The fourth-order valence-electron chi connectivity index (χ4n) is 2.95. The average Bonchev–Trinajstić information content (AvgIpc) is 3.03. The van der Waals surface area contributed by atoms with E-state index >= 15 is 0 Å².